The molecule has 0 bridgehead atoms. The molecule has 0 saturated heterocycles. The first kappa shape index (κ1) is 11.6. The van der Waals surface area contributed by atoms with Crippen molar-refractivity contribution in [2.45, 2.75) is 50.2 Å². The lowest BCUT2D eigenvalue weighted by atomic mass is 9.85. The summed E-state index contributed by atoms with van der Waals surface area (Å²) in [6, 6.07) is 3.61. The SMILES string of the molecule is OC(c1cccnc1)C1(O)CCCCCC1. The number of aromatic nitrogens is 1. The van der Waals surface area contributed by atoms with E-state index in [1.807, 2.05) is 6.07 Å². The Hall–Kier alpha value is -0.930. The van der Waals surface area contributed by atoms with E-state index < -0.39 is 11.7 Å². The van der Waals surface area contributed by atoms with Crippen LogP contribution in [0.15, 0.2) is 24.5 Å². The van der Waals surface area contributed by atoms with Crippen LogP contribution in [0.4, 0.5) is 0 Å². The van der Waals surface area contributed by atoms with E-state index in [4.69, 9.17) is 0 Å². The topological polar surface area (TPSA) is 53.4 Å². The smallest absolute Gasteiger partial charge is 0.109 e. The molecule has 1 aromatic rings. The predicted octanol–water partition coefficient (Wildman–Crippen LogP) is 2.20. The van der Waals surface area contributed by atoms with E-state index >= 15 is 0 Å². The van der Waals surface area contributed by atoms with Crippen molar-refractivity contribution in [1.82, 2.24) is 4.98 Å². The van der Waals surface area contributed by atoms with Crippen molar-refractivity contribution in [3.8, 4) is 0 Å². The Morgan fingerprint density at radius 1 is 1.19 bits per heavy atom. The van der Waals surface area contributed by atoms with Crippen molar-refractivity contribution < 1.29 is 10.2 Å². The van der Waals surface area contributed by atoms with Crippen molar-refractivity contribution in [2.75, 3.05) is 0 Å². The third kappa shape index (κ3) is 2.42. The Morgan fingerprint density at radius 2 is 1.88 bits per heavy atom. The molecule has 16 heavy (non-hydrogen) atoms. The molecule has 1 saturated carbocycles. The van der Waals surface area contributed by atoms with Crippen LogP contribution in [0.5, 0.6) is 0 Å². The van der Waals surface area contributed by atoms with Crippen LogP contribution in [0.3, 0.4) is 0 Å². The number of aliphatic hydroxyl groups excluding tert-OH is 1. The molecule has 0 amide bonds. The lowest BCUT2D eigenvalue weighted by Crippen LogP contribution is -2.35. The zero-order valence-electron chi connectivity index (χ0n) is 9.47. The first-order valence-corrected chi connectivity index (χ1v) is 6.03. The summed E-state index contributed by atoms with van der Waals surface area (Å²) in [7, 11) is 0. The highest BCUT2D eigenvalue weighted by Gasteiger charge is 2.36. The van der Waals surface area contributed by atoms with Crippen LogP contribution in [0.25, 0.3) is 0 Å². The van der Waals surface area contributed by atoms with Crippen LogP contribution in [0.2, 0.25) is 0 Å². The zero-order chi connectivity index (χ0) is 11.4. The lowest BCUT2D eigenvalue weighted by molar-refractivity contribution is -0.0868. The molecule has 88 valence electrons. The predicted molar refractivity (Wildman–Crippen MR) is 61.8 cm³/mol. The molecule has 2 rings (SSSR count). The summed E-state index contributed by atoms with van der Waals surface area (Å²) in [6.45, 7) is 0. The molecule has 0 radical (unpaired) electrons. The van der Waals surface area contributed by atoms with Crippen molar-refractivity contribution in [3.05, 3.63) is 30.1 Å². The van der Waals surface area contributed by atoms with Gasteiger partial charge in [0.15, 0.2) is 0 Å². The van der Waals surface area contributed by atoms with Gasteiger partial charge < -0.3 is 10.2 Å². The van der Waals surface area contributed by atoms with Crippen LogP contribution in [0, 0.1) is 0 Å². The van der Waals surface area contributed by atoms with Gasteiger partial charge in [-0.15, -0.1) is 0 Å². The van der Waals surface area contributed by atoms with Crippen LogP contribution < -0.4 is 0 Å². The third-order valence-corrected chi connectivity index (χ3v) is 3.48. The largest absolute Gasteiger partial charge is 0.387 e. The maximum Gasteiger partial charge on any atom is 0.109 e. The number of rotatable bonds is 2. The van der Waals surface area contributed by atoms with Gasteiger partial charge in [0.05, 0.1) is 5.60 Å². The fourth-order valence-electron chi connectivity index (χ4n) is 2.46. The van der Waals surface area contributed by atoms with Crippen molar-refractivity contribution >= 4 is 0 Å². The van der Waals surface area contributed by atoms with Gasteiger partial charge in [0.1, 0.15) is 6.10 Å². The molecule has 1 atom stereocenters. The van der Waals surface area contributed by atoms with Crippen molar-refractivity contribution in [3.63, 3.8) is 0 Å². The molecule has 2 N–H and O–H groups in total. The fourth-order valence-corrected chi connectivity index (χ4v) is 2.46. The first-order valence-electron chi connectivity index (χ1n) is 6.03. The van der Waals surface area contributed by atoms with Gasteiger partial charge in [0.2, 0.25) is 0 Å². The zero-order valence-corrected chi connectivity index (χ0v) is 9.47. The van der Waals surface area contributed by atoms with Crippen LogP contribution >= 0.6 is 0 Å². The quantitative estimate of drug-likeness (QED) is 0.753. The molecule has 1 unspecified atom stereocenters. The van der Waals surface area contributed by atoms with Crippen molar-refractivity contribution in [1.29, 1.82) is 0 Å². The minimum atomic E-state index is -0.959. The third-order valence-electron chi connectivity index (χ3n) is 3.48. The molecular weight excluding hydrogens is 202 g/mol. The minimum absolute atomic E-state index is 0.684. The molecule has 1 fully saturated rings. The summed E-state index contributed by atoms with van der Waals surface area (Å²) < 4.78 is 0. The Kier molecular flexibility index (Phi) is 3.56. The van der Waals surface area contributed by atoms with Gasteiger partial charge in [-0.25, -0.2) is 0 Å². The van der Waals surface area contributed by atoms with E-state index in [0.717, 1.165) is 25.7 Å². The van der Waals surface area contributed by atoms with E-state index in [-0.39, 0.29) is 0 Å². The molecule has 0 spiro atoms. The highest BCUT2D eigenvalue weighted by atomic mass is 16.3. The highest BCUT2D eigenvalue weighted by molar-refractivity contribution is 5.16. The Balaban J connectivity index is 2.15. The number of nitrogens with zero attached hydrogens (tertiary/aromatic N) is 1. The summed E-state index contributed by atoms with van der Waals surface area (Å²) in [5, 5.41) is 20.7. The number of pyridine rings is 1. The van der Waals surface area contributed by atoms with E-state index in [1.165, 1.54) is 0 Å². The summed E-state index contributed by atoms with van der Waals surface area (Å²) >= 11 is 0. The van der Waals surface area contributed by atoms with Crippen LogP contribution in [0.1, 0.15) is 50.2 Å². The number of hydrogen-bond acceptors (Lipinski definition) is 3. The minimum Gasteiger partial charge on any atom is -0.387 e. The van der Waals surface area contributed by atoms with Crippen molar-refractivity contribution in [2.24, 2.45) is 0 Å². The van der Waals surface area contributed by atoms with Gasteiger partial charge in [0.25, 0.3) is 0 Å². The maximum absolute atomic E-state index is 10.5. The molecule has 3 nitrogen and oxygen atoms in total. The summed E-state index contributed by atoms with van der Waals surface area (Å²) in [5.41, 5.74) is -0.244. The van der Waals surface area contributed by atoms with Crippen LogP contribution in [-0.2, 0) is 0 Å². The lowest BCUT2D eigenvalue weighted by Gasteiger charge is -2.32. The molecule has 1 aliphatic carbocycles. The van der Waals surface area contributed by atoms with Gasteiger partial charge in [-0.2, -0.15) is 0 Å². The van der Waals surface area contributed by atoms with Gasteiger partial charge in [-0.05, 0) is 18.9 Å². The summed E-state index contributed by atoms with van der Waals surface area (Å²) in [5.74, 6) is 0. The molecule has 1 aliphatic rings. The first-order chi connectivity index (χ1) is 7.72. The fraction of sp³-hybridized carbons (Fsp3) is 0.615. The van der Waals surface area contributed by atoms with Gasteiger partial charge in [0, 0.05) is 18.0 Å². The monoisotopic (exact) mass is 221 g/mol. The van der Waals surface area contributed by atoms with E-state index in [2.05, 4.69) is 4.98 Å². The Labute approximate surface area is 96.2 Å². The molecule has 1 heterocycles. The van der Waals surface area contributed by atoms with Gasteiger partial charge in [-0.1, -0.05) is 31.7 Å². The van der Waals surface area contributed by atoms with E-state index in [1.54, 1.807) is 18.5 Å². The highest BCUT2D eigenvalue weighted by Crippen LogP contribution is 2.36. The summed E-state index contributed by atoms with van der Waals surface area (Å²) in [6.07, 6.45) is 8.16. The molecule has 3 heteroatoms. The second-order valence-electron chi connectivity index (χ2n) is 4.71. The Bertz CT molecular complexity index is 318. The average molecular weight is 221 g/mol. The Morgan fingerprint density at radius 3 is 2.44 bits per heavy atom. The normalized spacial score (nSPS) is 22.4. The summed E-state index contributed by atoms with van der Waals surface area (Å²) in [4.78, 5) is 3.98. The second-order valence-corrected chi connectivity index (χ2v) is 4.71. The van der Waals surface area contributed by atoms with E-state index in [9.17, 15) is 10.2 Å². The molecule has 0 aromatic carbocycles. The molecular formula is C13H19NO2. The molecule has 0 aliphatic heterocycles. The molecule has 1 aromatic heterocycles. The second kappa shape index (κ2) is 4.93. The van der Waals surface area contributed by atoms with Gasteiger partial charge in [-0.3, -0.25) is 4.98 Å². The average Bonchev–Trinajstić information content (AvgIpc) is 2.55. The van der Waals surface area contributed by atoms with E-state index in [0.29, 0.717) is 18.4 Å². The maximum atomic E-state index is 10.5. The van der Waals surface area contributed by atoms with Crippen LogP contribution in [-0.4, -0.2) is 20.8 Å². The number of hydrogen-bond donors (Lipinski definition) is 2. The number of aliphatic hydroxyl groups is 2. The van der Waals surface area contributed by atoms with Gasteiger partial charge >= 0.3 is 0 Å². The standard InChI is InChI=1S/C13H19NO2/c15-12(11-6-5-9-14-10-11)13(16)7-3-1-2-4-8-13/h5-6,9-10,12,15-16H,1-4,7-8H2.